The minimum atomic E-state index is -0.227. The van der Waals surface area contributed by atoms with E-state index >= 15 is 0 Å². The number of benzene rings is 2. The first-order valence-electron chi connectivity index (χ1n) is 10.6. The molecule has 0 aliphatic carbocycles. The van der Waals surface area contributed by atoms with E-state index in [9.17, 15) is 9.59 Å². The van der Waals surface area contributed by atoms with Crippen LogP contribution < -0.4 is 16.0 Å². The first kappa shape index (κ1) is 22.4. The Balaban J connectivity index is 1.38. The number of nitrogens with one attached hydrogen (secondary N) is 1. The summed E-state index contributed by atoms with van der Waals surface area (Å²) in [5, 5.41) is 5.10. The van der Waals surface area contributed by atoms with Gasteiger partial charge in [-0.05, 0) is 49.6 Å². The van der Waals surface area contributed by atoms with E-state index in [-0.39, 0.29) is 17.7 Å². The number of carbonyl (C=O) groups excluding carboxylic acids is 2. The number of nitrogens with zero attached hydrogens (tertiary/aromatic N) is 2. The lowest BCUT2D eigenvalue weighted by Crippen LogP contribution is -2.38. The monoisotopic (exact) mass is 466 g/mol. The molecule has 0 saturated carbocycles. The van der Waals surface area contributed by atoms with Crippen molar-refractivity contribution in [2.24, 2.45) is 11.7 Å². The number of rotatable bonds is 7. The lowest BCUT2D eigenvalue weighted by atomic mass is 9.96. The van der Waals surface area contributed by atoms with Crippen molar-refractivity contribution in [3.63, 3.8) is 0 Å². The van der Waals surface area contributed by atoms with Crippen molar-refractivity contribution >= 4 is 46.3 Å². The van der Waals surface area contributed by atoms with E-state index in [1.165, 1.54) is 0 Å². The summed E-state index contributed by atoms with van der Waals surface area (Å²) in [6, 6.07) is 15.5. The van der Waals surface area contributed by atoms with Crippen LogP contribution in [0.5, 0.6) is 0 Å². The molecule has 1 aliphatic rings. The van der Waals surface area contributed by atoms with Gasteiger partial charge in [0.1, 0.15) is 4.34 Å². The van der Waals surface area contributed by atoms with Crippen LogP contribution in [0.3, 0.4) is 0 Å². The molecule has 3 N–H and O–H groups in total. The summed E-state index contributed by atoms with van der Waals surface area (Å²) in [7, 11) is 0. The number of thiazole rings is 1. The summed E-state index contributed by atoms with van der Waals surface area (Å²) in [4.78, 5) is 31.0. The van der Waals surface area contributed by atoms with E-state index in [0.29, 0.717) is 5.56 Å². The molecule has 3 aromatic rings. The molecule has 1 fully saturated rings. The van der Waals surface area contributed by atoms with Crippen LogP contribution in [-0.4, -0.2) is 29.9 Å². The highest BCUT2D eigenvalue weighted by molar-refractivity contribution is 8.00. The Hall–Kier alpha value is -2.84. The van der Waals surface area contributed by atoms with Crippen LogP contribution in [0.4, 0.5) is 11.4 Å². The summed E-state index contributed by atoms with van der Waals surface area (Å²) in [6.45, 7) is 3.48. The van der Waals surface area contributed by atoms with Crippen LogP contribution in [-0.2, 0) is 10.5 Å². The van der Waals surface area contributed by atoms with E-state index in [0.717, 1.165) is 58.7 Å². The topological polar surface area (TPSA) is 88.3 Å². The van der Waals surface area contributed by atoms with Gasteiger partial charge in [-0.2, -0.15) is 0 Å². The molecule has 0 unspecified atom stereocenters. The van der Waals surface area contributed by atoms with Crippen molar-refractivity contribution in [2.75, 3.05) is 23.3 Å². The van der Waals surface area contributed by atoms with E-state index in [4.69, 9.17) is 5.73 Å². The predicted octanol–water partition coefficient (Wildman–Crippen LogP) is 4.70. The molecule has 0 bridgehead atoms. The molecule has 0 atom stereocenters. The Morgan fingerprint density at radius 1 is 1.16 bits per heavy atom. The number of hydrogen-bond acceptors (Lipinski definition) is 6. The van der Waals surface area contributed by atoms with Gasteiger partial charge >= 0.3 is 0 Å². The second kappa shape index (κ2) is 10.2. The fourth-order valence-electron chi connectivity index (χ4n) is 3.75. The molecule has 1 aliphatic heterocycles. The Bertz CT molecular complexity index is 1090. The Labute approximate surface area is 196 Å². The smallest absolute Gasteiger partial charge is 0.255 e. The summed E-state index contributed by atoms with van der Waals surface area (Å²) in [6.07, 6.45) is 1.47. The van der Waals surface area contributed by atoms with Crippen LogP contribution in [0.15, 0.2) is 58.3 Å². The van der Waals surface area contributed by atoms with Crippen LogP contribution in [0.25, 0.3) is 0 Å². The highest BCUT2D eigenvalue weighted by Gasteiger charge is 2.24. The number of hydrogen-bond donors (Lipinski definition) is 2. The van der Waals surface area contributed by atoms with Gasteiger partial charge in [0.25, 0.3) is 5.91 Å². The molecule has 2 aromatic carbocycles. The van der Waals surface area contributed by atoms with Gasteiger partial charge in [0.05, 0.1) is 11.4 Å². The Morgan fingerprint density at radius 2 is 1.88 bits per heavy atom. The number of aryl methyl sites for hydroxylation is 1. The zero-order valence-electron chi connectivity index (χ0n) is 17.9. The van der Waals surface area contributed by atoms with Crippen LogP contribution in [0, 0.1) is 12.8 Å². The first-order valence-corrected chi connectivity index (χ1v) is 12.4. The normalized spacial score (nSPS) is 14.3. The number of aromatic nitrogens is 1. The highest BCUT2D eigenvalue weighted by atomic mass is 32.2. The minimum Gasteiger partial charge on any atom is -0.370 e. The number of thioether (sulfide) groups is 1. The summed E-state index contributed by atoms with van der Waals surface area (Å²) in [5.74, 6) is 0.386. The van der Waals surface area contributed by atoms with E-state index in [1.54, 1.807) is 23.1 Å². The van der Waals surface area contributed by atoms with Crippen molar-refractivity contribution < 1.29 is 9.59 Å². The summed E-state index contributed by atoms with van der Waals surface area (Å²) < 4.78 is 1.06. The van der Waals surface area contributed by atoms with Crippen molar-refractivity contribution in [1.29, 1.82) is 0 Å². The fourth-order valence-corrected chi connectivity index (χ4v) is 5.56. The third-order valence-corrected chi connectivity index (χ3v) is 7.78. The number of carbonyl (C=O) groups is 2. The standard InChI is InChI=1S/C24H26N4O2S2/c1-16-14-31-24(26-16)32-15-17-6-8-19(9-7-17)23(30)27-20-4-2-3-5-21(20)28-12-10-18(11-13-28)22(25)29/h2-9,14,18H,10-13,15H2,1H3,(H2,25,29)(H,27,30). The Morgan fingerprint density at radius 3 is 2.53 bits per heavy atom. The van der Waals surface area contributed by atoms with Gasteiger partial charge in [0, 0.05) is 41.4 Å². The molecular weight excluding hydrogens is 440 g/mol. The number of piperidine rings is 1. The zero-order chi connectivity index (χ0) is 22.5. The molecule has 1 aromatic heterocycles. The number of amides is 2. The number of anilines is 2. The largest absolute Gasteiger partial charge is 0.370 e. The zero-order valence-corrected chi connectivity index (χ0v) is 19.5. The predicted molar refractivity (Wildman–Crippen MR) is 131 cm³/mol. The van der Waals surface area contributed by atoms with E-state index in [2.05, 4.69) is 15.2 Å². The highest BCUT2D eigenvalue weighted by Crippen LogP contribution is 2.30. The van der Waals surface area contributed by atoms with Crippen molar-refractivity contribution in [3.05, 3.63) is 70.7 Å². The van der Waals surface area contributed by atoms with Crippen LogP contribution in [0.2, 0.25) is 0 Å². The number of nitrogens with two attached hydrogens (primary N) is 1. The SMILES string of the molecule is Cc1csc(SCc2ccc(C(=O)Nc3ccccc3N3CCC(C(N)=O)CC3)cc2)n1. The molecule has 4 rings (SSSR count). The van der Waals surface area contributed by atoms with Crippen molar-refractivity contribution in [3.8, 4) is 0 Å². The molecule has 166 valence electrons. The van der Waals surface area contributed by atoms with Gasteiger partial charge in [0.2, 0.25) is 5.91 Å². The molecule has 0 radical (unpaired) electrons. The van der Waals surface area contributed by atoms with Gasteiger partial charge < -0.3 is 16.0 Å². The third-order valence-electron chi connectivity index (χ3n) is 5.57. The van der Waals surface area contributed by atoms with Gasteiger partial charge in [-0.15, -0.1) is 11.3 Å². The second-order valence-corrected chi connectivity index (χ2v) is 9.96. The van der Waals surface area contributed by atoms with Gasteiger partial charge in [0.15, 0.2) is 0 Å². The maximum atomic E-state index is 12.9. The second-order valence-electron chi connectivity index (χ2n) is 7.88. The first-order chi connectivity index (χ1) is 15.5. The molecule has 2 heterocycles. The maximum absolute atomic E-state index is 12.9. The molecule has 1 saturated heterocycles. The fraction of sp³-hybridized carbons (Fsp3) is 0.292. The maximum Gasteiger partial charge on any atom is 0.255 e. The average Bonchev–Trinajstić information content (AvgIpc) is 3.23. The van der Waals surface area contributed by atoms with Crippen molar-refractivity contribution in [2.45, 2.75) is 29.9 Å². The quantitative estimate of drug-likeness (QED) is 0.493. The lowest BCUT2D eigenvalue weighted by molar-refractivity contribution is -0.122. The molecule has 8 heteroatoms. The molecule has 32 heavy (non-hydrogen) atoms. The number of para-hydroxylation sites is 2. The van der Waals surface area contributed by atoms with E-state index in [1.807, 2.05) is 60.8 Å². The van der Waals surface area contributed by atoms with E-state index < -0.39 is 0 Å². The average molecular weight is 467 g/mol. The summed E-state index contributed by atoms with van der Waals surface area (Å²) >= 11 is 3.36. The van der Waals surface area contributed by atoms with Crippen LogP contribution in [0.1, 0.15) is 34.5 Å². The van der Waals surface area contributed by atoms with Crippen molar-refractivity contribution in [1.82, 2.24) is 4.98 Å². The third kappa shape index (κ3) is 5.49. The van der Waals surface area contributed by atoms with Gasteiger partial charge in [-0.25, -0.2) is 4.98 Å². The minimum absolute atomic E-state index is 0.0655. The number of primary amides is 1. The van der Waals surface area contributed by atoms with Gasteiger partial charge in [-0.1, -0.05) is 36.0 Å². The molecule has 6 nitrogen and oxygen atoms in total. The molecule has 2 amide bonds. The van der Waals surface area contributed by atoms with Gasteiger partial charge in [-0.3, -0.25) is 9.59 Å². The molecular formula is C24H26N4O2S2. The Kier molecular flexibility index (Phi) is 7.12. The van der Waals surface area contributed by atoms with Crippen LogP contribution >= 0.6 is 23.1 Å². The lowest BCUT2D eigenvalue weighted by Gasteiger charge is -2.33. The molecule has 0 spiro atoms. The summed E-state index contributed by atoms with van der Waals surface area (Å²) in [5.41, 5.74) is 10.0.